The van der Waals surface area contributed by atoms with Crippen molar-refractivity contribution >= 4 is 17.7 Å². The first-order valence-corrected chi connectivity index (χ1v) is 7.32. The van der Waals surface area contributed by atoms with Crippen LogP contribution < -0.4 is 14.2 Å². The molecule has 7 nitrogen and oxygen atoms in total. The second kappa shape index (κ2) is 7.31. The average Bonchev–Trinajstić information content (AvgIpc) is 3.06. The van der Waals surface area contributed by atoms with Crippen LogP contribution in [0, 0.1) is 10.1 Å². The summed E-state index contributed by atoms with van der Waals surface area (Å²) in [5, 5.41) is 10.7. The van der Waals surface area contributed by atoms with Crippen molar-refractivity contribution in [2.45, 2.75) is 0 Å². The molecule has 0 aromatic heterocycles. The van der Waals surface area contributed by atoms with Crippen LogP contribution >= 0.6 is 0 Å². The van der Waals surface area contributed by atoms with Crippen LogP contribution in [0.25, 0.3) is 6.08 Å². The van der Waals surface area contributed by atoms with Gasteiger partial charge in [0.25, 0.3) is 5.69 Å². The SMILES string of the molecule is O=C(/C=C/C=C/c1ccc2c(c1)OCO2)Oc1cccc([N+](=O)[O-])c1. The fourth-order valence-corrected chi connectivity index (χ4v) is 2.13. The first-order valence-electron chi connectivity index (χ1n) is 7.32. The van der Waals surface area contributed by atoms with E-state index < -0.39 is 10.9 Å². The predicted molar refractivity (Wildman–Crippen MR) is 89.5 cm³/mol. The highest BCUT2D eigenvalue weighted by Gasteiger charge is 2.12. The molecule has 0 saturated carbocycles. The average molecular weight is 339 g/mol. The minimum Gasteiger partial charge on any atom is -0.454 e. The maximum Gasteiger partial charge on any atom is 0.336 e. The van der Waals surface area contributed by atoms with Crippen molar-refractivity contribution in [3.8, 4) is 17.2 Å². The van der Waals surface area contributed by atoms with E-state index in [9.17, 15) is 14.9 Å². The third-order valence-corrected chi connectivity index (χ3v) is 3.28. The molecule has 0 unspecified atom stereocenters. The first kappa shape index (κ1) is 16.3. The third-order valence-electron chi connectivity index (χ3n) is 3.28. The molecular weight excluding hydrogens is 326 g/mol. The van der Waals surface area contributed by atoms with E-state index in [1.807, 2.05) is 18.2 Å². The molecule has 3 rings (SSSR count). The summed E-state index contributed by atoms with van der Waals surface area (Å²) in [6.45, 7) is 0.214. The standard InChI is InChI=1S/C18H13NO6/c20-18(25-15-6-3-5-14(11-15)19(21)22)7-2-1-4-13-8-9-16-17(10-13)24-12-23-16/h1-11H,12H2/b4-1+,7-2+. The number of nitrogens with zero attached hydrogens (tertiary/aromatic N) is 1. The number of hydrogen-bond acceptors (Lipinski definition) is 6. The number of allylic oxidation sites excluding steroid dienone is 2. The summed E-state index contributed by atoms with van der Waals surface area (Å²) >= 11 is 0. The second-order valence-corrected chi connectivity index (χ2v) is 5.01. The number of carbonyl (C=O) groups excluding carboxylic acids is 1. The number of carbonyl (C=O) groups is 1. The Morgan fingerprint density at radius 1 is 1.12 bits per heavy atom. The highest BCUT2D eigenvalue weighted by atomic mass is 16.7. The number of nitro benzene ring substituents is 1. The number of rotatable bonds is 5. The zero-order valence-electron chi connectivity index (χ0n) is 13.0. The normalized spacial score (nSPS) is 12.6. The summed E-state index contributed by atoms with van der Waals surface area (Å²) < 4.78 is 15.5. The Kier molecular flexibility index (Phi) is 4.75. The summed E-state index contributed by atoms with van der Waals surface area (Å²) in [4.78, 5) is 21.8. The van der Waals surface area contributed by atoms with Gasteiger partial charge in [0.1, 0.15) is 5.75 Å². The number of hydrogen-bond donors (Lipinski definition) is 0. The van der Waals surface area contributed by atoms with Gasteiger partial charge < -0.3 is 14.2 Å². The Morgan fingerprint density at radius 2 is 1.96 bits per heavy atom. The fourth-order valence-electron chi connectivity index (χ4n) is 2.13. The summed E-state index contributed by atoms with van der Waals surface area (Å²) in [7, 11) is 0. The molecule has 0 spiro atoms. The summed E-state index contributed by atoms with van der Waals surface area (Å²) in [6.07, 6.45) is 6.21. The van der Waals surface area contributed by atoms with Crippen molar-refractivity contribution in [1.29, 1.82) is 0 Å². The highest BCUT2D eigenvalue weighted by Crippen LogP contribution is 2.32. The van der Waals surface area contributed by atoms with Gasteiger partial charge in [-0.25, -0.2) is 4.79 Å². The van der Waals surface area contributed by atoms with Gasteiger partial charge in [-0.1, -0.05) is 30.4 Å². The maximum atomic E-state index is 11.7. The van der Waals surface area contributed by atoms with Crippen LogP contribution in [0.3, 0.4) is 0 Å². The molecule has 0 amide bonds. The van der Waals surface area contributed by atoms with Crippen molar-refractivity contribution in [3.05, 3.63) is 76.4 Å². The predicted octanol–water partition coefficient (Wildman–Crippen LogP) is 3.50. The van der Waals surface area contributed by atoms with Crippen LogP contribution in [-0.4, -0.2) is 17.7 Å². The molecule has 0 saturated heterocycles. The van der Waals surface area contributed by atoms with E-state index in [-0.39, 0.29) is 18.2 Å². The smallest absolute Gasteiger partial charge is 0.336 e. The second-order valence-electron chi connectivity index (χ2n) is 5.01. The summed E-state index contributed by atoms with van der Waals surface area (Å²) in [5.41, 5.74) is 0.748. The molecule has 1 heterocycles. The molecule has 2 aromatic rings. The van der Waals surface area contributed by atoms with Crippen LogP contribution in [-0.2, 0) is 4.79 Å². The van der Waals surface area contributed by atoms with Crippen molar-refractivity contribution in [1.82, 2.24) is 0 Å². The molecule has 0 fully saturated rings. The molecule has 25 heavy (non-hydrogen) atoms. The largest absolute Gasteiger partial charge is 0.454 e. The van der Waals surface area contributed by atoms with Crippen molar-refractivity contribution in [3.63, 3.8) is 0 Å². The third kappa shape index (κ3) is 4.23. The molecule has 1 aliphatic rings. The van der Waals surface area contributed by atoms with Gasteiger partial charge in [0.15, 0.2) is 11.5 Å². The molecule has 0 bridgehead atoms. The summed E-state index contributed by atoms with van der Waals surface area (Å²) in [5.74, 6) is 0.865. The van der Waals surface area contributed by atoms with Crippen LogP contribution in [0.1, 0.15) is 5.56 Å². The van der Waals surface area contributed by atoms with Gasteiger partial charge in [-0.3, -0.25) is 10.1 Å². The number of ether oxygens (including phenoxy) is 3. The molecule has 0 aliphatic carbocycles. The van der Waals surface area contributed by atoms with E-state index in [2.05, 4.69) is 0 Å². The fraction of sp³-hybridized carbons (Fsp3) is 0.0556. The molecule has 2 aromatic carbocycles. The van der Waals surface area contributed by atoms with Crippen molar-refractivity contribution in [2.75, 3.05) is 6.79 Å². The van der Waals surface area contributed by atoms with Gasteiger partial charge in [-0.05, 0) is 23.8 Å². The Balaban J connectivity index is 1.57. The molecule has 0 radical (unpaired) electrons. The molecule has 0 N–H and O–H groups in total. The molecule has 126 valence electrons. The lowest BCUT2D eigenvalue weighted by Crippen LogP contribution is -2.03. The number of nitro groups is 1. The maximum absolute atomic E-state index is 11.7. The van der Waals surface area contributed by atoms with Crippen LogP contribution in [0.15, 0.2) is 60.7 Å². The van der Waals surface area contributed by atoms with E-state index in [0.29, 0.717) is 11.5 Å². The molecule has 0 atom stereocenters. The van der Waals surface area contributed by atoms with Gasteiger partial charge in [0.2, 0.25) is 6.79 Å². The number of fused-ring (bicyclic) bond motifs is 1. The lowest BCUT2D eigenvalue weighted by atomic mass is 10.2. The number of benzene rings is 2. The lowest BCUT2D eigenvalue weighted by molar-refractivity contribution is -0.384. The Morgan fingerprint density at radius 3 is 2.80 bits per heavy atom. The van der Waals surface area contributed by atoms with E-state index in [0.717, 1.165) is 5.56 Å². The summed E-state index contributed by atoms with van der Waals surface area (Å²) in [6, 6.07) is 10.9. The minimum absolute atomic E-state index is 0.114. The monoisotopic (exact) mass is 339 g/mol. The zero-order chi connectivity index (χ0) is 17.6. The van der Waals surface area contributed by atoms with Crippen molar-refractivity contribution in [2.24, 2.45) is 0 Å². The Labute approximate surface area is 142 Å². The van der Waals surface area contributed by atoms with E-state index in [1.54, 1.807) is 12.2 Å². The van der Waals surface area contributed by atoms with Crippen LogP contribution in [0.4, 0.5) is 5.69 Å². The zero-order valence-corrected chi connectivity index (χ0v) is 13.0. The Hall–Kier alpha value is -3.61. The van der Waals surface area contributed by atoms with Gasteiger partial charge in [-0.2, -0.15) is 0 Å². The Bertz CT molecular complexity index is 872. The van der Waals surface area contributed by atoms with Gasteiger partial charge >= 0.3 is 5.97 Å². The minimum atomic E-state index is -0.629. The number of esters is 1. The van der Waals surface area contributed by atoms with Crippen molar-refractivity contribution < 1.29 is 23.9 Å². The van der Waals surface area contributed by atoms with Crippen LogP contribution in [0.2, 0.25) is 0 Å². The number of non-ortho nitro benzene ring substituents is 1. The van der Waals surface area contributed by atoms with E-state index in [1.165, 1.54) is 36.4 Å². The molecule has 1 aliphatic heterocycles. The van der Waals surface area contributed by atoms with Gasteiger partial charge in [-0.15, -0.1) is 0 Å². The van der Waals surface area contributed by atoms with Crippen LogP contribution in [0.5, 0.6) is 17.2 Å². The van der Waals surface area contributed by atoms with Gasteiger partial charge in [0, 0.05) is 12.1 Å². The lowest BCUT2D eigenvalue weighted by Gasteiger charge is -2.00. The van der Waals surface area contributed by atoms with E-state index in [4.69, 9.17) is 14.2 Å². The molecular formula is C18H13NO6. The first-order chi connectivity index (χ1) is 12.1. The van der Waals surface area contributed by atoms with E-state index >= 15 is 0 Å². The quantitative estimate of drug-likeness (QED) is 0.207. The van der Waals surface area contributed by atoms with Gasteiger partial charge in [0.05, 0.1) is 11.0 Å². The highest BCUT2D eigenvalue weighted by molar-refractivity contribution is 5.84. The topological polar surface area (TPSA) is 87.9 Å². The molecule has 7 heteroatoms.